The molecule has 1 aromatic carbocycles. The zero-order valence-electron chi connectivity index (χ0n) is 18.8. The third-order valence-corrected chi connectivity index (χ3v) is 4.54. The van der Waals surface area contributed by atoms with Crippen LogP contribution in [0.15, 0.2) is 49.1 Å². The summed E-state index contributed by atoms with van der Waals surface area (Å²) in [7, 11) is 1.63. The molecule has 0 aliphatic carbocycles. The number of ether oxygens (including phenoxy) is 2. The Kier molecular flexibility index (Phi) is 6.95. The predicted octanol–water partition coefficient (Wildman–Crippen LogP) is 5.65. The Morgan fingerprint density at radius 3 is 2.74 bits per heavy atom. The summed E-state index contributed by atoms with van der Waals surface area (Å²) >= 11 is 0. The van der Waals surface area contributed by atoms with Gasteiger partial charge in [0.15, 0.2) is 0 Å². The number of methoxy groups -OCH3 is 1. The lowest BCUT2D eigenvalue weighted by molar-refractivity contribution is 0.0577. The predicted molar refractivity (Wildman–Crippen MR) is 123 cm³/mol. The highest BCUT2D eigenvalue weighted by Crippen LogP contribution is 2.29. The van der Waals surface area contributed by atoms with Crippen molar-refractivity contribution in [1.29, 1.82) is 0 Å². The molecule has 0 unspecified atom stereocenters. The van der Waals surface area contributed by atoms with E-state index in [1.807, 2.05) is 62.0 Å². The van der Waals surface area contributed by atoms with E-state index in [0.29, 0.717) is 5.69 Å². The Labute approximate surface area is 183 Å². The second-order valence-corrected chi connectivity index (χ2v) is 8.27. The van der Waals surface area contributed by atoms with E-state index in [1.165, 1.54) is 0 Å². The summed E-state index contributed by atoms with van der Waals surface area (Å²) in [5.74, 6) is 0.734. The number of nitrogens with zero attached hydrogens (tertiary/aromatic N) is 4. The zero-order valence-corrected chi connectivity index (χ0v) is 18.8. The average Bonchev–Trinajstić information content (AvgIpc) is 3.17. The number of allylic oxidation sites excluding steroid dienone is 1. The molecule has 0 fully saturated rings. The van der Waals surface area contributed by atoms with Gasteiger partial charge in [-0.05, 0) is 51.5 Å². The standard InChI is InChI=1S/C24H30N4O3/c1-6-7-8-13-27-15-18(26-17-27)16-28(23(29)31-24(2,3)4)19-9-10-20-21(14-19)25-12-11-22(20)30-5/h8-15,17H,6-7,16H2,1-5H3/b13-8+. The van der Waals surface area contributed by atoms with Gasteiger partial charge in [0.05, 0.1) is 31.2 Å². The molecule has 0 bridgehead atoms. The molecular formula is C24H30N4O3. The number of benzene rings is 1. The van der Waals surface area contributed by atoms with Crippen molar-refractivity contribution in [3.63, 3.8) is 0 Å². The van der Waals surface area contributed by atoms with Crippen LogP contribution in [0.3, 0.4) is 0 Å². The SMILES string of the molecule is CCC/C=C/n1cnc(CN(C(=O)OC(C)(C)C)c2ccc3c(OC)ccnc3c2)c1. The van der Waals surface area contributed by atoms with Crippen LogP contribution in [0.2, 0.25) is 0 Å². The van der Waals surface area contributed by atoms with E-state index in [0.717, 1.165) is 35.2 Å². The fraction of sp³-hybridized carbons (Fsp3) is 0.375. The van der Waals surface area contributed by atoms with E-state index in [-0.39, 0.29) is 6.54 Å². The van der Waals surface area contributed by atoms with Gasteiger partial charge < -0.3 is 14.0 Å². The Balaban J connectivity index is 1.93. The van der Waals surface area contributed by atoms with Crippen LogP contribution < -0.4 is 9.64 Å². The largest absolute Gasteiger partial charge is 0.496 e. The number of imidazole rings is 1. The summed E-state index contributed by atoms with van der Waals surface area (Å²) in [6, 6.07) is 7.45. The van der Waals surface area contributed by atoms with Crippen molar-refractivity contribution >= 4 is 28.9 Å². The summed E-state index contributed by atoms with van der Waals surface area (Å²) in [5, 5.41) is 0.878. The van der Waals surface area contributed by atoms with Crippen LogP contribution in [0.25, 0.3) is 17.1 Å². The van der Waals surface area contributed by atoms with Crippen molar-refractivity contribution in [3.8, 4) is 5.75 Å². The highest BCUT2D eigenvalue weighted by Gasteiger charge is 2.25. The van der Waals surface area contributed by atoms with Crippen molar-refractivity contribution in [2.45, 2.75) is 52.7 Å². The molecule has 2 aromatic heterocycles. The van der Waals surface area contributed by atoms with E-state index >= 15 is 0 Å². The molecule has 0 N–H and O–H groups in total. The second-order valence-electron chi connectivity index (χ2n) is 8.27. The number of anilines is 1. The smallest absolute Gasteiger partial charge is 0.415 e. The van der Waals surface area contributed by atoms with Gasteiger partial charge in [-0.25, -0.2) is 9.78 Å². The Morgan fingerprint density at radius 2 is 2.03 bits per heavy atom. The van der Waals surface area contributed by atoms with Gasteiger partial charge >= 0.3 is 6.09 Å². The number of fused-ring (bicyclic) bond motifs is 1. The molecule has 0 radical (unpaired) electrons. The lowest BCUT2D eigenvalue weighted by Crippen LogP contribution is -2.36. The fourth-order valence-corrected chi connectivity index (χ4v) is 3.10. The van der Waals surface area contributed by atoms with Crippen molar-refractivity contribution in [1.82, 2.24) is 14.5 Å². The van der Waals surface area contributed by atoms with Crippen LogP contribution in [-0.2, 0) is 11.3 Å². The van der Waals surface area contributed by atoms with E-state index in [4.69, 9.17) is 9.47 Å². The first-order chi connectivity index (χ1) is 14.8. The van der Waals surface area contributed by atoms with E-state index in [9.17, 15) is 4.79 Å². The molecule has 0 saturated heterocycles. The number of carbonyl (C=O) groups excluding carboxylic acids is 1. The number of hydrogen-bond donors (Lipinski definition) is 0. The molecule has 1 amide bonds. The Bertz CT molecular complexity index is 1070. The molecule has 7 nitrogen and oxygen atoms in total. The lowest BCUT2D eigenvalue weighted by atomic mass is 10.1. The number of carbonyl (C=O) groups is 1. The van der Waals surface area contributed by atoms with E-state index in [2.05, 4.69) is 23.0 Å². The molecular weight excluding hydrogens is 392 g/mol. The molecule has 0 aliphatic heterocycles. The van der Waals surface area contributed by atoms with Gasteiger partial charge in [-0.2, -0.15) is 0 Å². The molecule has 31 heavy (non-hydrogen) atoms. The van der Waals surface area contributed by atoms with Crippen LogP contribution in [0.4, 0.5) is 10.5 Å². The van der Waals surface area contributed by atoms with Crippen LogP contribution in [-0.4, -0.2) is 33.3 Å². The molecule has 7 heteroatoms. The van der Waals surface area contributed by atoms with Crippen molar-refractivity contribution in [2.75, 3.05) is 12.0 Å². The van der Waals surface area contributed by atoms with Crippen LogP contribution >= 0.6 is 0 Å². The van der Waals surface area contributed by atoms with Gasteiger partial charge in [0.2, 0.25) is 0 Å². The molecule has 0 spiro atoms. The molecule has 0 saturated carbocycles. The van der Waals surface area contributed by atoms with Gasteiger partial charge in [-0.15, -0.1) is 0 Å². The Morgan fingerprint density at radius 1 is 1.23 bits per heavy atom. The third kappa shape index (κ3) is 5.84. The average molecular weight is 423 g/mol. The monoisotopic (exact) mass is 422 g/mol. The summed E-state index contributed by atoms with van der Waals surface area (Å²) in [4.78, 5) is 23.5. The zero-order chi connectivity index (χ0) is 22.4. The van der Waals surface area contributed by atoms with E-state index in [1.54, 1.807) is 24.5 Å². The molecule has 0 aliphatic rings. The van der Waals surface area contributed by atoms with Crippen LogP contribution in [0.5, 0.6) is 5.75 Å². The maximum absolute atomic E-state index is 13.1. The van der Waals surface area contributed by atoms with Gasteiger partial charge in [0.25, 0.3) is 0 Å². The summed E-state index contributed by atoms with van der Waals surface area (Å²) < 4.78 is 13.0. The molecule has 2 heterocycles. The highest BCUT2D eigenvalue weighted by molar-refractivity contribution is 5.93. The van der Waals surface area contributed by atoms with Crippen molar-refractivity contribution < 1.29 is 14.3 Å². The first-order valence-electron chi connectivity index (χ1n) is 10.4. The quantitative estimate of drug-likeness (QED) is 0.492. The van der Waals surface area contributed by atoms with Crippen LogP contribution in [0, 0.1) is 0 Å². The van der Waals surface area contributed by atoms with Gasteiger partial charge in [-0.1, -0.05) is 19.4 Å². The van der Waals surface area contributed by atoms with Crippen LogP contribution in [0.1, 0.15) is 46.2 Å². The maximum atomic E-state index is 13.1. The summed E-state index contributed by atoms with van der Waals surface area (Å²) in [6.07, 6.45) is 11.1. The molecule has 3 aromatic rings. The number of amides is 1. The molecule has 3 rings (SSSR count). The maximum Gasteiger partial charge on any atom is 0.415 e. The van der Waals surface area contributed by atoms with Crippen molar-refractivity contribution in [3.05, 3.63) is 54.8 Å². The summed E-state index contributed by atoms with van der Waals surface area (Å²) in [6.45, 7) is 7.96. The Hall–Kier alpha value is -3.35. The minimum Gasteiger partial charge on any atom is -0.496 e. The summed E-state index contributed by atoms with van der Waals surface area (Å²) in [5.41, 5.74) is 1.55. The van der Waals surface area contributed by atoms with Gasteiger partial charge in [0.1, 0.15) is 11.4 Å². The number of hydrogen-bond acceptors (Lipinski definition) is 5. The molecule has 164 valence electrons. The first-order valence-corrected chi connectivity index (χ1v) is 10.4. The lowest BCUT2D eigenvalue weighted by Gasteiger charge is -2.27. The molecule has 0 atom stereocenters. The van der Waals surface area contributed by atoms with Gasteiger partial charge in [0, 0.05) is 29.7 Å². The number of pyridine rings is 1. The number of rotatable bonds is 7. The first kappa shape index (κ1) is 22.3. The van der Waals surface area contributed by atoms with E-state index < -0.39 is 11.7 Å². The normalized spacial score (nSPS) is 11.8. The number of aromatic nitrogens is 3. The fourth-order valence-electron chi connectivity index (χ4n) is 3.10. The van der Waals surface area contributed by atoms with Gasteiger partial charge in [-0.3, -0.25) is 9.88 Å². The second kappa shape index (κ2) is 9.64. The minimum atomic E-state index is -0.615. The van der Waals surface area contributed by atoms with Crippen molar-refractivity contribution in [2.24, 2.45) is 0 Å². The minimum absolute atomic E-state index is 0.277. The number of unbranched alkanes of at least 4 members (excludes halogenated alkanes) is 1. The topological polar surface area (TPSA) is 69.5 Å². The highest BCUT2D eigenvalue weighted by atomic mass is 16.6. The third-order valence-electron chi connectivity index (χ3n) is 4.54.